The number of alkyl carbamates (subject to hydrolysis) is 1. The van der Waals surface area contributed by atoms with E-state index < -0.39 is 17.7 Å². The summed E-state index contributed by atoms with van der Waals surface area (Å²) >= 11 is 1.41. The molecule has 6 nitrogen and oxygen atoms in total. The number of carbonyl (C=O) groups is 2. The fourth-order valence-electron chi connectivity index (χ4n) is 5.24. The van der Waals surface area contributed by atoms with Gasteiger partial charge in [-0.25, -0.2) is 9.18 Å². The van der Waals surface area contributed by atoms with Crippen LogP contribution in [0.15, 0.2) is 41.3 Å². The number of halogens is 1. The number of ketones is 1. The van der Waals surface area contributed by atoms with Gasteiger partial charge in [-0.3, -0.25) is 4.79 Å². The Labute approximate surface area is 248 Å². The summed E-state index contributed by atoms with van der Waals surface area (Å²) in [6.07, 6.45) is 2.25. The number of benzene rings is 2. The Kier molecular flexibility index (Phi) is 10.1. The molecular weight excluding hydrogens is 541 g/mol. The van der Waals surface area contributed by atoms with Gasteiger partial charge in [0.15, 0.2) is 5.78 Å². The molecule has 8 heteroatoms. The van der Waals surface area contributed by atoms with Gasteiger partial charge < -0.3 is 19.5 Å². The van der Waals surface area contributed by atoms with Gasteiger partial charge in [0.25, 0.3) is 0 Å². The third-order valence-corrected chi connectivity index (χ3v) is 8.68. The molecule has 2 heterocycles. The summed E-state index contributed by atoms with van der Waals surface area (Å²) in [4.78, 5) is 26.8. The van der Waals surface area contributed by atoms with Gasteiger partial charge in [0.2, 0.25) is 0 Å². The molecule has 1 unspecified atom stereocenters. The highest BCUT2D eigenvalue weighted by atomic mass is 32.2. The third kappa shape index (κ3) is 8.95. The fraction of sp³-hybridized carbons (Fsp3) is 0.576. The number of hydrogen-bond acceptors (Lipinski definition) is 6. The van der Waals surface area contributed by atoms with E-state index in [0.717, 1.165) is 47.8 Å². The summed E-state index contributed by atoms with van der Waals surface area (Å²) in [5.74, 6) is 1.16. The minimum absolute atomic E-state index is 0.0583. The molecule has 0 spiro atoms. The Morgan fingerprint density at radius 1 is 1.07 bits per heavy atom. The second-order valence-electron chi connectivity index (χ2n) is 13.2. The highest BCUT2D eigenvalue weighted by molar-refractivity contribution is 7.99. The lowest BCUT2D eigenvalue weighted by atomic mass is 9.81. The second-order valence-corrected chi connectivity index (χ2v) is 14.3. The lowest BCUT2D eigenvalue weighted by Crippen LogP contribution is -2.45. The van der Waals surface area contributed by atoms with E-state index in [1.807, 2.05) is 51.1 Å². The number of thioether (sulfide) groups is 1. The van der Waals surface area contributed by atoms with E-state index >= 15 is 4.39 Å². The van der Waals surface area contributed by atoms with Crippen LogP contribution in [-0.2, 0) is 26.1 Å². The largest absolute Gasteiger partial charge is 0.493 e. The molecule has 1 N–H and O–H groups in total. The van der Waals surface area contributed by atoms with Crippen LogP contribution in [-0.4, -0.2) is 49.1 Å². The Bertz CT molecular complexity index is 1210. The third-order valence-electron chi connectivity index (χ3n) is 7.51. The number of amides is 1. The number of hydrogen-bond donors (Lipinski definition) is 1. The zero-order valence-corrected chi connectivity index (χ0v) is 26.0. The van der Waals surface area contributed by atoms with Crippen molar-refractivity contribution >= 4 is 23.6 Å². The zero-order valence-electron chi connectivity index (χ0n) is 25.2. The van der Waals surface area contributed by atoms with Gasteiger partial charge >= 0.3 is 6.09 Å². The van der Waals surface area contributed by atoms with Gasteiger partial charge in [-0.15, -0.1) is 11.8 Å². The van der Waals surface area contributed by atoms with Gasteiger partial charge in [-0.05, 0) is 92.2 Å². The maximum atomic E-state index is 15.3. The molecule has 2 aromatic carbocycles. The van der Waals surface area contributed by atoms with Crippen LogP contribution in [0, 0.1) is 11.7 Å². The zero-order chi connectivity index (χ0) is 29.8. The maximum Gasteiger partial charge on any atom is 0.408 e. The van der Waals surface area contributed by atoms with Crippen molar-refractivity contribution < 1.29 is 28.2 Å². The van der Waals surface area contributed by atoms with E-state index in [9.17, 15) is 9.59 Å². The Morgan fingerprint density at radius 2 is 1.76 bits per heavy atom. The molecule has 1 fully saturated rings. The van der Waals surface area contributed by atoms with Gasteiger partial charge in [0.05, 0.1) is 6.61 Å². The minimum Gasteiger partial charge on any atom is -0.493 e. The molecule has 0 aromatic heterocycles. The fourth-order valence-corrected chi connectivity index (χ4v) is 6.43. The maximum absolute atomic E-state index is 15.3. The molecule has 0 aliphatic carbocycles. The van der Waals surface area contributed by atoms with Crippen LogP contribution in [0.5, 0.6) is 5.75 Å². The van der Waals surface area contributed by atoms with E-state index in [0.29, 0.717) is 30.3 Å². The van der Waals surface area contributed by atoms with E-state index in [1.165, 1.54) is 11.8 Å². The van der Waals surface area contributed by atoms with E-state index in [4.69, 9.17) is 14.2 Å². The molecule has 2 aliphatic rings. The summed E-state index contributed by atoms with van der Waals surface area (Å²) in [6.45, 7) is 13.6. The average molecular weight is 586 g/mol. The topological polar surface area (TPSA) is 73.9 Å². The summed E-state index contributed by atoms with van der Waals surface area (Å²) in [5, 5.41) is 2.76. The van der Waals surface area contributed by atoms with Crippen molar-refractivity contribution in [3.05, 3.63) is 58.9 Å². The molecule has 41 heavy (non-hydrogen) atoms. The van der Waals surface area contributed by atoms with Gasteiger partial charge in [-0.1, -0.05) is 39.0 Å². The first kappa shape index (κ1) is 31.4. The Morgan fingerprint density at radius 3 is 2.39 bits per heavy atom. The molecule has 0 radical (unpaired) electrons. The molecule has 4 rings (SSSR count). The van der Waals surface area contributed by atoms with Gasteiger partial charge in [0.1, 0.15) is 23.2 Å². The Balaban J connectivity index is 1.56. The van der Waals surface area contributed by atoms with Crippen LogP contribution in [0.4, 0.5) is 9.18 Å². The summed E-state index contributed by atoms with van der Waals surface area (Å²) in [7, 11) is 0. The number of ether oxygens (including phenoxy) is 3. The predicted octanol–water partition coefficient (Wildman–Crippen LogP) is 7.21. The quantitative estimate of drug-likeness (QED) is 0.386. The van der Waals surface area contributed by atoms with Crippen molar-refractivity contribution in [2.45, 2.75) is 95.1 Å². The molecule has 0 saturated carbocycles. The molecule has 2 aromatic rings. The van der Waals surface area contributed by atoms with Crippen molar-refractivity contribution in [1.82, 2.24) is 5.32 Å². The molecule has 1 saturated heterocycles. The molecule has 1 amide bonds. The summed E-state index contributed by atoms with van der Waals surface area (Å²) in [6, 6.07) is 10.9. The van der Waals surface area contributed by atoms with Crippen molar-refractivity contribution in [3.8, 4) is 5.75 Å². The minimum atomic E-state index is -0.725. The monoisotopic (exact) mass is 585 g/mol. The van der Waals surface area contributed by atoms with E-state index in [2.05, 4.69) is 5.32 Å². The lowest BCUT2D eigenvalue weighted by Gasteiger charge is -2.30. The normalized spacial score (nSPS) is 20.5. The van der Waals surface area contributed by atoms with Crippen LogP contribution >= 0.6 is 11.8 Å². The van der Waals surface area contributed by atoms with E-state index in [1.54, 1.807) is 26.8 Å². The molecular formula is C33H44FNO5S. The van der Waals surface area contributed by atoms with Crippen LogP contribution in [0.3, 0.4) is 0 Å². The predicted molar refractivity (Wildman–Crippen MR) is 161 cm³/mol. The summed E-state index contributed by atoms with van der Waals surface area (Å²) < 4.78 is 32.2. The van der Waals surface area contributed by atoms with Gasteiger partial charge in [-0.2, -0.15) is 0 Å². The number of nitrogens with one attached hydrogen (secondary N) is 1. The smallest absolute Gasteiger partial charge is 0.408 e. The van der Waals surface area contributed by atoms with Crippen molar-refractivity contribution in [2.75, 3.05) is 25.6 Å². The first-order chi connectivity index (χ1) is 19.3. The number of fused-ring (bicyclic) bond motifs is 1. The first-order valence-corrected chi connectivity index (χ1v) is 15.6. The van der Waals surface area contributed by atoms with E-state index in [-0.39, 0.29) is 29.4 Å². The van der Waals surface area contributed by atoms with Crippen LogP contribution in [0.25, 0.3) is 0 Å². The van der Waals surface area contributed by atoms with Crippen LogP contribution in [0.2, 0.25) is 0 Å². The number of carbonyl (C=O) groups excluding carboxylic acids is 2. The lowest BCUT2D eigenvalue weighted by molar-refractivity contribution is -0.121. The highest BCUT2D eigenvalue weighted by Crippen LogP contribution is 2.40. The second kappa shape index (κ2) is 13.2. The number of rotatable bonds is 6. The molecule has 0 bridgehead atoms. The number of Topliss-reactive ketones (excluding diaryl/α,β-unsaturated/α-hetero) is 1. The first-order valence-electron chi connectivity index (χ1n) is 14.6. The van der Waals surface area contributed by atoms with Gasteiger partial charge in [0, 0.05) is 30.3 Å². The molecule has 224 valence electrons. The average Bonchev–Trinajstić information content (AvgIpc) is 2.88. The highest BCUT2D eigenvalue weighted by Gasteiger charge is 2.32. The molecule has 2 aliphatic heterocycles. The van der Waals surface area contributed by atoms with Crippen molar-refractivity contribution in [1.29, 1.82) is 0 Å². The van der Waals surface area contributed by atoms with Crippen molar-refractivity contribution in [2.24, 2.45) is 5.92 Å². The van der Waals surface area contributed by atoms with Crippen LogP contribution in [0.1, 0.15) is 83.4 Å². The molecule has 2 atom stereocenters. The Hall–Kier alpha value is -2.58. The van der Waals surface area contributed by atoms with Crippen LogP contribution < -0.4 is 10.1 Å². The summed E-state index contributed by atoms with van der Waals surface area (Å²) in [5.41, 5.74) is 1.62. The van der Waals surface area contributed by atoms with Crippen molar-refractivity contribution in [3.63, 3.8) is 0 Å². The SMILES string of the molecule is CC(C)(C)OC(=O)N[C@H]1CSc2cc(F)c(C(C)(C)C)cc2C(Cc2ccc(OCC3CCOCC3)cc2)CC1=O. The standard InChI is InChI=1S/C33H44FNO5S/c1-32(2,3)26-17-25-23(15-21-7-9-24(10-8-21)39-19-22-11-13-38-14-12-22)16-29(36)28(20-41-30(25)18-27(26)34)35-31(37)40-33(4,5)6/h7-10,17-18,22-23,28H,11-16,19-20H2,1-6H3,(H,35,37)/t23?,28-/m0/s1.